The Morgan fingerprint density at radius 1 is 1.19 bits per heavy atom. The monoisotopic (exact) mass is 441 g/mol. The number of anilines is 1. The second kappa shape index (κ2) is 7.58. The number of rotatable bonds is 5. The molecule has 0 spiro atoms. The average Bonchev–Trinajstić information content (AvgIpc) is 3.28. The molecule has 0 radical (unpaired) electrons. The molecule has 6 nitrogen and oxygen atoms in total. The van der Waals surface area contributed by atoms with Crippen molar-refractivity contribution in [3.63, 3.8) is 0 Å². The lowest BCUT2D eigenvalue weighted by Crippen LogP contribution is -2.17. The van der Waals surface area contributed by atoms with Crippen molar-refractivity contribution in [3.8, 4) is 0 Å². The molecule has 4 aromatic rings. The summed E-state index contributed by atoms with van der Waals surface area (Å²) in [7, 11) is 0. The molecule has 0 saturated carbocycles. The van der Waals surface area contributed by atoms with Crippen molar-refractivity contribution in [1.82, 2.24) is 19.2 Å². The van der Waals surface area contributed by atoms with E-state index in [0.717, 1.165) is 20.7 Å². The number of fused-ring (bicyclic) bond motifs is 1. The van der Waals surface area contributed by atoms with Crippen LogP contribution in [0.4, 0.5) is 5.82 Å². The number of nitrogens with zero attached hydrogens (tertiary/aromatic N) is 4. The summed E-state index contributed by atoms with van der Waals surface area (Å²) in [5.41, 5.74) is 2.27. The van der Waals surface area contributed by atoms with Gasteiger partial charge in [0.25, 0.3) is 5.91 Å². The van der Waals surface area contributed by atoms with Crippen molar-refractivity contribution in [2.45, 2.75) is 11.7 Å². The molecular formula is C19H16BrN5OS. The smallest absolute Gasteiger partial charge is 0.277 e. The van der Waals surface area contributed by atoms with E-state index < -0.39 is 0 Å². The summed E-state index contributed by atoms with van der Waals surface area (Å²) in [4.78, 5) is 17.4. The maximum atomic E-state index is 12.9. The van der Waals surface area contributed by atoms with Crippen molar-refractivity contribution in [3.05, 3.63) is 76.7 Å². The summed E-state index contributed by atoms with van der Waals surface area (Å²) >= 11 is 4.93. The van der Waals surface area contributed by atoms with Crippen LogP contribution in [0.3, 0.4) is 0 Å². The van der Waals surface area contributed by atoms with Crippen molar-refractivity contribution in [1.29, 1.82) is 0 Å². The van der Waals surface area contributed by atoms with Crippen molar-refractivity contribution in [2.75, 3.05) is 11.6 Å². The molecule has 8 heteroatoms. The van der Waals surface area contributed by atoms with E-state index in [4.69, 9.17) is 0 Å². The van der Waals surface area contributed by atoms with Crippen molar-refractivity contribution in [2.24, 2.45) is 0 Å². The third-order valence-corrected chi connectivity index (χ3v) is 5.30. The molecule has 27 heavy (non-hydrogen) atoms. The SMILES string of the molecule is CSc1nc(C(=O)Nc2ccnn2Cc2ccc(Br)cc2)c2ccccn12. The fourth-order valence-electron chi connectivity index (χ4n) is 2.82. The van der Waals surface area contributed by atoms with Gasteiger partial charge in [-0.15, -0.1) is 0 Å². The van der Waals surface area contributed by atoms with Crippen LogP contribution >= 0.6 is 27.7 Å². The Morgan fingerprint density at radius 2 is 2.00 bits per heavy atom. The third kappa shape index (κ3) is 3.63. The van der Waals surface area contributed by atoms with Crippen LogP contribution < -0.4 is 5.32 Å². The highest BCUT2D eigenvalue weighted by molar-refractivity contribution is 9.10. The summed E-state index contributed by atoms with van der Waals surface area (Å²) in [6.45, 7) is 0.565. The Bertz CT molecular complexity index is 1100. The Morgan fingerprint density at radius 3 is 2.78 bits per heavy atom. The molecule has 136 valence electrons. The lowest BCUT2D eigenvalue weighted by Gasteiger charge is -2.09. The molecule has 0 aliphatic rings. The number of hydrogen-bond donors (Lipinski definition) is 1. The predicted molar refractivity (Wildman–Crippen MR) is 110 cm³/mol. The number of amides is 1. The predicted octanol–water partition coefficient (Wildman–Crippen LogP) is 4.32. The first-order valence-corrected chi connectivity index (χ1v) is 10.3. The van der Waals surface area contributed by atoms with Crippen LogP contribution in [0, 0.1) is 0 Å². The molecule has 1 N–H and O–H groups in total. The van der Waals surface area contributed by atoms with E-state index in [1.807, 2.05) is 59.3 Å². The minimum absolute atomic E-state index is 0.253. The minimum Gasteiger partial charge on any atom is -0.305 e. The zero-order valence-corrected chi connectivity index (χ0v) is 16.9. The molecule has 0 bridgehead atoms. The fourth-order valence-corrected chi connectivity index (χ4v) is 3.63. The number of carbonyl (C=O) groups is 1. The number of aromatic nitrogens is 4. The lowest BCUT2D eigenvalue weighted by molar-refractivity contribution is 0.102. The molecule has 3 aromatic heterocycles. The van der Waals surface area contributed by atoms with Crippen LogP contribution in [0.2, 0.25) is 0 Å². The highest BCUT2D eigenvalue weighted by Gasteiger charge is 2.18. The maximum absolute atomic E-state index is 12.9. The number of halogens is 1. The molecule has 0 fully saturated rings. The van der Waals surface area contributed by atoms with E-state index >= 15 is 0 Å². The number of carbonyl (C=O) groups excluding carboxylic acids is 1. The van der Waals surface area contributed by atoms with E-state index in [-0.39, 0.29) is 5.91 Å². The average molecular weight is 442 g/mol. The summed E-state index contributed by atoms with van der Waals surface area (Å²) in [6.07, 6.45) is 5.52. The van der Waals surface area contributed by atoms with Crippen LogP contribution in [0.1, 0.15) is 16.1 Å². The molecule has 1 amide bonds. The molecule has 1 aromatic carbocycles. The van der Waals surface area contributed by atoms with Crippen LogP contribution in [0.5, 0.6) is 0 Å². The standard InChI is InChI=1S/C19H16BrN5OS/c1-27-19-23-17(15-4-2-3-11-24(15)19)18(26)22-16-9-10-21-25(16)12-13-5-7-14(20)8-6-13/h2-11H,12H2,1H3,(H,22,26). The maximum Gasteiger partial charge on any atom is 0.277 e. The van der Waals surface area contributed by atoms with E-state index in [1.165, 1.54) is 11.8 Å². The number of hydrogen-bond acceptors (Lipinski definition) is 4. The van der Waals surface area contributed by atoms with E-state index in [9.17, 15) is 4.79 Å². The Hall–Kier alpha value is -2.58. The topological polar surface area (TPSA) is 64.2 Å². The number of pyridine rings is 1. The van der Waals surface area contributed by atoms with Crippen LogP contribution in [-0.2, 0) is 6.54 Å². The van der Waals surface area contributed by atoms with Crippen LogP contribution in [0.15, 0.2) is 70.6 Å². The summed E-state index contributed by atoms with van der Waals surface area (Å²) < 4.78 is 4.70. The van der Waals surface area contributed by atoms with Crippen molar-refractivity contribution >= 4 is 44.9 Å². The second-order valence-electron chi connectivity index (χ2n) is 5.86. The normalized spacial score (nSPS) is 11.0. The molecule has 4 rings (SSSR count). The van der Waals surface area contributed by atoms with Crippen LogP contribution in [-0.4, -0.2) is 31.3 Å². The Balaban J connectivity index is 1.59. The zero-order chi connectivity index (χ0) is 18.8. The highest BCUT2D eigenvalue weighted by Crippen LogP contribution is 2.21. The van der Waals surface area contributed by atoms with Gasteiger partial charge in [-0.3, -0.25) is 9.20 Å². The molecule has 0 unspecified atom stereocenters. The number of benzene rings is 1. The second-order valence-corrected chi connectivity index (χ2v) is 7.55. The molecule has 0 aliphatic heterocycles. The molecule has 0 aliphatic carbocycles. The van der Waals surface area contributed by atoms with Gasteiger partial charge < -0.3 is 5.32 Å². The minimum atomic E-state index is -0.253. The van der Waals surface area contributed by atoms with Gasteiger partial charge >= 0.3 is 0 Å². The Labute approximate surface area is 168 Å². The lowest BCUT2D eigenvalue weighted by atomic mass is 10.2. The van der Waals surface area contributed by atoms with Gasteiger partial charge in [-0.2, -0.15) is 5.10 Å². The van der Waals surface area contributed by atoms with E-state index in [1.54, 1.807) is 16.9 Å². The summed E-state index contributed by atoms with van der Waals surface area (Å²) in [6, 6.07) is 15.5. The quantitative estimate of drug-likeness (QED) is 0.468. The van der Waals surface area contributed by atoms with Gasteiger partial charge in [0.05, 0.1) is 18.3 Å². The van der Waals surface area contributed by atoms with Gasteiger partial charge in [-0.1, -0.05) is 45.9 Å². The molecule has 0 atom stereocenters. The summed E-state index contributed by atoms with van der Waals surface area (Å²) in [5.74, 6) is 0.377. The first-order chi connectivity index (χ1) is 13.2. The Kier molecular flexibility index (Phi) is 5.00. The van der Waals surface area contributed by atoms with Crippen molar-refractivity contribution < 1.29 is 4.79 Å². The van der Waals surface area contributed by atoms with Crippen LogP contribution in [0.25, 0.3) is 5.52 Å². The number of thioether (sulfide) groups is 1. The first kappa shape index (κ1) is 17.8. The van der Waals surface area contributed by atoms with Gasteiger partial charge in [0, 0.05) is 16.7 Å². The zero-order valence-electron chi connectivity index (χ0n) is 14.5. The highest BCUT2D eigenvalue weighted by atomic mass is 79.9. The first-order valence-electron chi connectivity index (χ1n) is 8.24. The van der Waals surface area contributed by atoms with E-state index in [2.05, 4.69) is 31.3 Å². The third-order valence-electron chi connectivity index (χ3n) is 4.12. The summed E-state index contributed by atoms with van der Waals surface area (Å²) in [5, 5.41) is 8.04. The largest absolute Gasteiger partial charge is 0.305 e. The molecule has 3 heterocycles. The van der Waals surface area contributed by atoms with Gasteiger partial charge in [0.2, 0.25) is 0 Å². The number of imidazole rings is 1. The van der Waals surface area contributed by atoms with Gasteiger partial charge in [0.1, 0.15) is 5.82 Å². The molecule has 0 saturated heterocycles. The van der Waals surface area contributed by atoms with E-state index in [0.29, 0.717) is 18.1 Å². The fraction of sp³-hybridized carbons (Fsp3) is 0.105. The number of nitrogens with one attached hydrogen (secondary N) is 1. The van der Waals surface area contributed by atoms with Gasteiger partial charge in [-0.25, -0.2) is 9.67 Å². The van der Waals surface area contributed by atoms with Gasteiger partial charge in [-0.05, 0) is 36.1 Å². The van der Waals surface area contributed by atoms with Gasteiger partial charge in [0.15, 0.2) is 10.9 Å². The molecular weight excluding hydrogens is 426 g/mol.